The fraction of sp³-hybridized carbons (Fsp3) is 1.00. The summed E-state index contributed by atoms with van der Waals surface area (Å²) in [6, 6.07) is 0. The zero-order chi connectivity index (χ0) is 9.19. The van der Waals surface area contributed by atoms with Crippen molar-refractivity contribution < 1.29 is 5.11 Å². The van der Waals surface area contributed by atoms with E-state index < -0.39 is 0 Å². The largest absolute Gasteiger partial charge is 0.396 e. The Labute approximate surface area is 75.6 Å². The maximum Gasteiger partial charge on any atom is 0.0497 e. The lowest BCUT2D eigenvalue weighted by Gasteiger charge is -2.22. The van der Waals surface area contributed by atoms with Crippen LogP contribution in [0.15, 0.2) is 0 Å². The molecular formula is C10H21NO. The highest BCUT2D eigenvalue weighted by molar-refractivity contribution is 4.85. The molecule has 1 fully saturated rings. The van der Waals surface area contributed by atoms with E-state index in [0.29, 0.717) is 6.61 Å². The molecule has 1 unspecified atom stereocenters. The summed E-state index contributed by atoms with van der Waals surface area (Å²) in [4.78, 5) is 2.46. The van der Waals surface area contributed by atoms with E-state index in [2.05, 4.69) is 25.7 Å². The molecule has 0 amide bonds. The fourth-order valence-corrected chi connectivity index (χ4v) is 1.93. The molecule has 72 valence electrons. The van der Waals surface area contributed by atoms with Gasteiger partial charge in [-0.25, -0.2) is 0 Å². The van der Waals surface area contributed by atoms with Crippen molar-refractivity contribution in [3.63, 3.8) is 0 Å². The van der Waals surface area contributed by atoms with Crippen LogP contribution in [0.2, 0.25) is 0 Å². The van der Waals surface area contributed by atoms with Gasteiger partial charge in [-0.1, -0.05) is 20.8 Å². The average Bonchev–Trinajstić information content (AvgIpc) is 2.32. The van der Waals surface area contributed by atoms with Crippen molar-refractivity contribution in [2.45, 2.75) is 27.2 Å². The molecule has 2 heteroatoms. The van der Waals surface area contributed by atoms with Crippen LogP contribution in [-0.4, -0.2) is 36.2 Å². The third kappa shape index (κ3) is 2.46. The molecule has 1 heterocycles. The van der Waals surface area contributed by atoms with Crippen molar-refractivity contribution in [1.82, 2.24) is 4.90 Å². The molecule has 1 aliphatic heterocycles. The molecule has 1 atom stereocenters. The van der Waals surface area contributed by atoms with Crippen molar-refractivity contribution in [3.05, 3.63) is 0 Å². The minimum absolute atomic E-state index is 0.175. The molecule has 0 aromatic carbocycles. The van der Waals surface area contributed by atoms with Gasteiger partial charge in [-0.15, -0.1) is 0 Å². The predicted molar refractivity (Wildman–Crippen MR) is 51.1 cm³/mol. The summed E-state index contributed by atoms with van der Waals surface area (Å²) in [7, 11) is 0. The van der Waals surface area contributed by atoms with Crippen LogP contribution in [0.25, 0.3) is 0 Å². The third-order valence-corrected chi connectivity index (χ3v) is 2.64. The van der Waals surface area contributed by atoms with Gasteiger partial charge in [0.05, 0.1) is 0 Å². The second-order valence-corrected chi connectivity index (χ2v) is 4.85. The molecule has 0 bridgehead atoms. The van der Waals surface area contributed by atoms with Gasteiger partial charge in [-0.2, -0.15) is 0 Å². The van der Waals surface area contributed by atoms with E-state index in [9.17, 15) is 0 Å². The van der Waals surface area contributed by atoms with E-state index in [0.717, 1.165) is 25.4 Å². The molecule has 1 rings (SSSR count). The zero-order valence-electron chi connectivity index (χ0n) is 8.51. The Morgan fingerprint density at radius 1 is 1.50 bits per heavy atom. The Hall–Kier alpha value is -0.0800. The van der Waals surface area contributed by atoms with Crippen LogP contribution >= 0.6 is 0 Å². The fourth-order valence-electron chi connectivity index (χ4n) is 1.93. The maximum absolute atomic E-state index is 9.15. The minimum atomic E-state index is 0.175. The Balaban J connectivity index is 2.35. The van der Waals surface area contributed by atoms with Crippen molar-refractivity contribution in [2.24, 2.45) is 11.3 Å². The zero-order valence-corrected chi connectivity index (χ0v) is 8.51. The summed E-state index contributed by atoms with van der Waals surface area (Å²) in [5, 5.41) is 9.15. The van der Waals surface area contributed by atoms with Crippen molar-refractivity contribution >= 4 is 0 Å². The molecule has 0 aromatic rings. The second-order valence-electron chi connectivity index (χ2n) is 4.85. The summed E-state index contributed by atoms with van der Waals surface area (Å²) in [5.74, 6) is 0.742. The van der Waals surface area contributed by atoms with Gasteiger partial charge in [0.15, 0.2) is 0 Å². The molecule has 2 nitrogen and oxygen atoms in total. The summed E-state index contributed by atoms with van der Waals surface area (Å²) in [5.41, 5.74) is 0.175. The number of hydrogen-bond donors (Lipinski definition) is 1. The van der Waals surface area contributed by atoms with Crippen LogP contribution in [0.1, 0.15) is 27.2 Å². The quantitative estimate of drug-likeness (QED) is 0.693. The highest BCUT2D eigenvalue weighted by atomic mass is 16.3. The third-order valence-electron chi connectivity index (χ3n) is 2.64. The van der Waals surface area contributed by atoms with E-state index in [1.807, 2.05) is 0 Å². The van der Waals surface area contributed by atoms with Crippen LogP contribution in [0.5, 0.6) is 0 Å². The van der Waals surface area contributed by atoms with Crippen molar-refractivity contribution in [1.29, 1.82) is 0 Å². The smallest absolute Gasteiger partial charge is 0.0497 e. The molecule has 1 saturated heterocycles. The number of aliphatic hydroxyl groups excluding tert-OH is 1. The molecule has 0 aromatic heterocycles. The first-order chi connectivity index (χ1) is 5.56. The topological polar surface area (TPSA) is 23.5 Å². The first-order valence-corrected chi connectivity index (χ1v) is 4.89. The van der Waals surface area contributed by atoms with Gasteiger partial charge in [0.25, 0.3) is 0 Å². The van der Waals surface area contributed by atoms with E-state index in [1.54, 1.807) is 0 Å². The summed E-state index contributed by atoms with van der Waals surface area (Å²) in [6.45, 7) is 10.4. The minimum Gasteiger partial charge on any atom is -0.396 e. The molecule has 1 aliphatic rings. The standard InChI is InChI=1S/C10H21NO/c1-9(2)6-11-5-4-10(3,7-11)8-12/h9,12H,4-8H2,1-3H3. The highest BCUT2D eigenvalue weighted by Crippen LogP contribution is 2.29. The normalized spacial score (nSPS) is 31.8. The lowest BCUT2D eigenvalue weighted by Crippen LogP contribution is -2.30. The van der Waals surface area contributed by atoms with Crippen LogP contribution in [0.3, 0.4) is 0 Å². The molecule has 12 heavy (non-hydrogen) atoms. The number of hydrogen-bond acceptors (Lipinski definition) is 2. The Bertz CT molecular complexity index is 147. The predicted octanol–water partition coefficient (Wildman–Crippen LogP) is 1.35. The van der Waals surface area contributed by atoms with E-state index in [-0.39, 0.29) is 5.41 Å². The van der Waals surface area contributed by atoms with Gasteiger partial charge in [0, 0.05) is 25.1 Å². The molecule has 1 N–H and O–H groups in total. The summed E-state index contributed by atoms with van der Waals surface area (Å²) >= 11 is 0. The van der Waals surface area contributed by atoms with Crippen LogP contribution in [-0.2, 0) is 0 Å². The van der Waals surface area contributed by atoms with Gasteiger partial charge in [0.2, 0.25) is 0 Å². The van der Waals surface area contributed by atoms with E-state index >= 15 is 0 Å². The van der Waals surface area contributed by atoms with Crippen molar-refractivity contribution in [3.8, 4) is 0 Å². The Morgan fingerprint density at radius 3 is 2.58 bits per heavy atom. The number of nitrogens with zero attached hydrogens (tertiary/aromatic N) is 1. The van der Waals surface area contributed by atoms with Gasteiger partial charge in [0.1, 0.15) is 0 Å². The van der Waals surface area contributed by atoms with Crippen LogP contribution in [0, 0.1) is 11.3 Å². The second kappa shape index (κ2) is 3.75. The SMILES string of the molecule is CC(C)CN1CCC(C)(CO)C1. The molecular weight excluding hydrogens is 150 g/mol. The van der Waals surface area contributed by atoms with Gasteiger partial charge < -0.3 is 10.0 Å². The number of aliphatic hydroxyl groups is 1. The lowest BCUT2D eigenvalue weighted by molar-refractivity contribution is 0.142. The first-order valence-electron chi connectivity index (χ1n) is 4.89. The number of rotatable bonds is 3. The van der Waals surface area contributed by atoms with E-state index in [4.69, 9.17) is 5.11 Å². The lowest BCUT2D eigenvalue weighted by atomic mass is 9.91. The summed E-state index contributed by atoms with van der Waals surface area (Å²) in [6.07, 6.45) is 1.15. The summed E-state index contributed by atoms with van der Waals surface area (Å²) < 4.78 is 0. The number of likely N-dealkylation sites (tertiary alicyclic amines) is 1. The molecule has 0 saturated carbocycles. The maximum atomic E-state index is 9.15. The highest BCUT2D eigenvalue weighted by Gasteiger charge is 2.32. The molecule has 0 aliphatic carbocycles. The molecule has 0 spiro atoms. The first kappa shape index (κ1) is 10.0. The monoisotopic (exact) mass is 171 g/mol. The van der Waals surface area contributed by atoms with Gasteiger partial charge >= 0.3 is 0 Å². The van der Waals surface area contributed by atoms with Crippen LogP contribution in [0.4, 0.5) is 0 Å². The van der Waals surface area contributed by atoms with E-state index in [1.165, 1.54) is 6.54 Å². The Kier molecular flexibility index (Phi) is 3.13. The van der Waals surface area contributed by atoms with Crippen molar-refractivity contribution in [2.75, 3.05) is 26.2 Å². The average molecular weight is 171 g/mol. The van der Waals surface area contributed by atoms with Crippen LogP contribution < -0.4 is 0 Å². The Morgan fingerprint density at radius 2 is 2.17 bits per heavy atom. The molecule has 0 radical (unpaired) electrons. The van der Waals surface area contributed by atoms with Gasteiger partial charge in [-0.3, -0.25) is 0 Å². The van der Waals surface area contributed by atoms with Gasteiger partial charge in [-0.05, 0) is 18.9 Å².